The Kier molecular flexibility index (Phi) is 8.23. The number of carboxylic acid groups (broad SMARTS) is 1. The zero-order valence-corrected chi connectivity index (χ0v) is 20.3. The average molecular weight is 508 g/mol. The van der Waals surface area contributed by atoms with Gasteiger partial charge in [0.05, 0.1) is 18.5 Å². The number of halogens is 1. The molecular formula is C25H26ClN7O3. The van der Waals surface area contributed by atoms with Gasteiger partial charge in [0.1, 0.15) is 17.2 Å². The van der Waals surface area contributed by atoms with Crippen molar-refractivity contribution in [3.63, 3.8) is 0 Å². The van der Waals surface area contributed by atoms with Crippen molar-refractivity contribution < 1.29 is 14.7 Å². The predicted molar refractivity (Wildman–Crippen MR) is 141 cm³/mol. The van der Waals surface area contributed by atoms with Gasteiger partial charge >= 0.3 is 5.97 Å². The van der Waals surface area contributed by atoms with Crippen LogP contribution in [-0.2, 0) is 18.4 Å². The number of rotatable bonds is 9. The van der Waals surface area contributed by atoms with Gasteiger partial charge in [0, 0.05) is 36.7 Å². The Morgan fingerprint density at radius 3 is 2.44 bits per heavy atom. The fraction of sp³-hybridized carbons (Fsp3) is 0.160. The van der Waals surface area contributed by atoms with Crippen molar-refractivity contribution in [2.45, 2.75) is 13.0 Å². The van der Waals surface area contributed by atoms with E-state index in [0.29, 0.717) is 34.5 Å². The first-order chi connectivity index (χ1) is 16.8. The molecule has 0 fully saturated rings. The summed E-state index contributed by atoms with van der Waals surface area (Å²) in [5.41, 5.74) is 9.12. The van der Waals surface area contributed by atoms with Crippen LogP contribution in [0.1, 0.15) is 28.2 Å². The van der Waals surface area contributed by atoms with Crippen molar-refractivity contribution >= 4 is 52.7 Å². The molecule has 36 heavy (non-hydrogen) atoms. The summed E-state index contributed by atoms with van der Waals surface area (Å²) in [5.74, 6) is -0.594. The molecule has 0 radical (unpaired) electrons. The number of hydrogen-bond donors (Lipinski definition) is 4. The highest BCUT2D eigenvalue weighted by Gasteiger charge is 2.20. The zero-order chi connectivity index (χ0) is 24.9. The molecule has 186 valence electrons. The van der Waals surface area contributed by atoms with E-state index in [9.17, 15) is 9.59 Å². The van der Waals surface area contributed by atoms with Gasteiger partial charge in [-0.3, -0.25) is 15.0 Å². The van der Waals surface area contributed by atoms with Gasteiger partial charge in [-0.2, -0.15) is 0 Å². The number of hydrogen-bond acceptors (Lipinski definition) is 6. The highest BCUT2D eigenvalue weighted by Crippen LogP contribution is 2.20. The Bertz CT molecular complexity index is 1390. The number of pyridine rings is 1. The van der Waals surface area contributed by atoms with Crippen molar-refractivity contribution in [2.75, 3.05) is 16.8 Å². The number of nitrogens with one attached hydrogen (secondary N) is 2. The number of amidine groups is 1. The second kappa shape index (κ2) is 11.3. The minimum atomic E-state index is -0.981. The third kappa shape index (κ3) is 5.78. The molecule has 0 aliphatic carbocycles. The van der Waals surface area contributed by atoms with E-state index in [4.69, 9.17) is 16.2 Å². The van der Waals surface area contributed by atoms with Crippen molar-refractivity contribution in [3.05, 3.63) is 83.8 Å². The minimum absolute atomic E-state index is 0. The number of benzene rings is 2. The predicted octanol–water partition coefficient (Wildman–Crippen LogP) is 3.41. The first kappa shape index (κ1) is 26.2. The smallest absolute Gasteiger partial charge is 0.305 e. The van der Waals surface area contributed by atoms with E-state index in [0.717, 1.165) is 11.5 Å². The Morgan fingerprint density at radius 2 is 1.81 bits per heavy atom. The number of nitrogen functional groups attached to an aromatic ring is 1. The summed E-state index contributed by atoms with van der Waals surface area (Å²) in [6.45, 7) is 0.459. The van der Waals surface area contributed by atoms with E-state index in [1.165, 1.54) is 11.1 Å². The van der Waals surface area contributed by atoms with Crippen LogP contribution in [0.15, 0.2) is 66.9 Å². The number of nitrogens with two attached hydrogens (primary N) is 1. The number of carboxylic acids is 1. The Hall–Kier alpha value is -4.44. The number of aromatic nitrogens is 3. The molecule has 0 saturated carbocycles. The maximum absolute atomic E-state index is 13.3. The summed E-state index contributed by atoms with van der Waals surface area (Å²) in [6.07, 6.45) is 1.31. The molecule has 4 aromatic rings. The summed E-state index contributed by atoms with van der Waals surface area (Å²) in [6, 6.07) is 17.8. The van der Waals surface area contributed by atoms with Crippen LogP contribution in [0.25, 0.3) is 11.2 Å². The first-order valence-electron chi connectivity index (χ1n) is 10.9. The van der Waals surface area contributed by atoms with Gasteiger partial charge in [-0.15, -0.1) is 12.4 Å². The van der Waals surface area contributed by atoms with Gasteiger partial charge in [-0.1, -0.05) is 18.2 Å². The minimum Gasteiger partial charge on any atom is -0.481 e. The van der Waals surface area contributed by atoms with Crippen LogP contribution in [0.2, 0.25) is 0 Å². The van der Waals surface area contributed by atoms with Gasteiger partial charge in [0.2, 0.25) is 0 Å². The van der Waals surface area contributed by atoms with E-state index >= 15 is 0 Å². The number of aryl methyl sites for hydroxylation is 1. The monoisotopic (exact) mass is 507 g/mol. The lowest BCUT2D eigenvalue weighted by atomic mass is 10.2. The summed E-state index contributed by atoms with van der Waals surface area (Å²) in [4.78, 5) is 35.0. The van der Waals surface area contributed by atoms with Crippen molar-refractivity contribution in [1.82, 2.24) is 14.5 Å². The maximum Gasteiger partial charge on any atom is 0.305 e. The van der Waals surface area contributed by atoms with Crippen LogP contribution in [0, 0.1) is 5.41 Å². The van der Waals surface area contributed by atoms with E-state index in [1.807, 2.05) is 29.8 Å². The van der Waals surface area contributed by atoms with Crippen LogP contribution >= 0.6 is 12.4 Å². The molecule has 2 heterocycles. The number of nitrogens with zero attached hydrogens (tertiary/aromatic N) is 4. The van der Waals surface area contributed by atoms with Crippen LogP contribution in [0.4, 0.5) is 11.4 Å². The highest BCUT2D eigenvalue weighted by atomic mass is 35.5. The first-order valence-corrected chi connectivity index (χ1v) is 10.9. The van der Waals surface area contributed by atoms with E-state index < -0.39 is 5.97 Å². The zero-order valence-electron chi connectivity index (χ0n) is 19.5. The third-order valence-corrected chi connectivity index (χ3v) is 5.56. The number of amides is 1. The summed E-state index contributed by atoms with van der Waals surface area (Å²) in [5, 5.41) is 19.9. The molecule has 0 bridgehead atoms. The molecule has 0 unspecified atom stereocenters. The lowest BCUT2D eigenvalue weighted by molar-refractivity contribution is -0.136. The van der Waals surface area contributed by atoms with Crippen LogP contribution in [0.5, 0.6) is 0 Å². The Morgan fingerprint density at radius 1 is 1.11 bits per heavy atom. The molecule has 10 nitrogen and oxygen atoms in total. The van der Waals surface area contributed by atoms with Gasteiger partial charge in [-0.05, 0) is 42.5 Å². The molecule has 0 aliphatic heterocycles. The standard InChI is InChI=1S/C25H25N7O3.ClH/c1-31-21(15-28-18-9-7-16(8-10-18)23(26)27)30-20-13-17(14-29-24(20)31)25(35)32(12-11-22(33)34)19-5-3-2-4-6-19;/h2-10,13-14,28H,11-12,15H2,1H3,(H3,26,27)(H,33,34);1H. The van der Waals surface area contributed by atoms with Gasteiger partial charge < -0.3 is 25.6 Å². The number of carbonyl (C=O) groups is 2. The normalized spacial score (nSPS) is 10.5. The second-order valence-corrected chi connectivity index (χ2v) is 7.93. The third-order valence-electron chi connectivity index (χ3n) is 5.56. The van der Waals surface area contributed by atoms with Crippen LogP contribution in [-0.4, -0.2) is 43.9 Å². The van der Waals surface area contributed by atoms with Crippen LogP contribution in [0.3, 0.4) is 0 Å². The molecule has 0 aliphatic rings. The molecule has 1 amide bonds. The molecule has 0 spiro atoms. The average Bonchev–Trinajstić information content (AvgIpc) is 3.18. The largest absolute Gasteiger partial charge is 0.481 e. The fourth-order valence-electron chi connectivity index (χ4n) is 3.67. The molecule has 2 aromatic carbocycles. The number of aliphatic carboxylic acids is 1. The van der Waals surface area contributed by atoms with Gasteiger partial charge in [0.25, 0.3) is 5.91 Å². The van der Waals surface area contributed by atoms with Gasteiger partial charge in [-0.25, -0.2) is 9.97 Å². The number of fused-ring (bicyclic) bond motifs is 1. The summed E-state index contributed by atoms with van der Waals surface area (Å²) >= 11 is 0. The summed E-state index contributed by atoms with van der Waals surface area (Å²) in [7, 11) is 1.85. The number of para-hydroxylation sites is 1. The number of anilines is 2. The maximum atomic E-state index is 13.3. The van der Waals surface area contributed by atoms with Crippen LogP contribution < -0.4 is 16.0 Å². The van der Waals surface area contributed by atoms with Crippen molar-refractivity contribution in [1.29, 1.82) is 5.41 Å². The quantitative estimate of drug-likeness (QED) is 0.200. The fourth-order valence-corrected chi connectivity index (χ4v) is 3.67. The van der Waals surface area contributed by atoms with Gasteiger partial charge in [0.15, 0.2) is 5.65 Å². The molecule has 2 aromatic heterocycles. The van der Waals surface area contributed by atoms with Crippen molar-refractivity contribution in [3.8, 4) is 0 Å². The van der Waals surface area contributed by atoms with E-state index in [1.54, 1.807) is 42.5 Å². The topological polar surface area (TPSA) is 150 Å². The Labute approximate surface area is 213 Å². The molecule has 5 N–H and O–H groups in total. The molecule has 4 rings (SSSR count). The van der Waals surface area contributed by atoms with Crippen molar-refractivity contribution in [2.24, 2.45) is 12.8 Å². The number of carbonyl (C=O) groups excluding carboxylic acids is 1. The van der Waals surface area contributed by atoms with E-state index in [-0.39, 0.29) is 37.1 Å². The molecular weight excluding hydrogens is 482 g/mol. The molecule has 11 heteroatoms. The Balaban J connectivity index is 0.00000361. The lowest BCUT2D eigenvalue weighted by Gasteiger charge is -2.22. The van der Waals surface area contributed by atoms with E-state index in [2.05, 4.69) is 15.3 Å². The lowest BCUT2D eigenvalue weighted by Crippen LogP contribution is -2.33. The SMILES string of the molecule is Cl.Cn1c(CNc2ccc(C(=N)N)cc2)nc2cc(C(=O)N(CCC(=O)O)c3ccccc3)cnc21. The molecule has 0 atom stereocenters. The summed E-state index contributed by atoms with van der Waals surface area (Å²) < 4.78 is 1.85. The molecule has 0 saturated heterocycles. The highest BCUT2D eigenvalue weighted by molar-refractivity contribution is 6.07. The second-order valence-electron chi connectivity index (χ2n) is 7.93. The number of imidazole rings is 1.